The number of para-hydroxylation sites is 1. The third-order valence-electron chi connectivity index (χ3n) is 1.57. The molecule has 1 aromatic carbocycles. The lowest BCUT2D eigenvalue weighted by Gasteiger charge is -2.00. The molecule has 0 N–H and O–H groups in total. The first kappa shape index (κ1) is 6.22. The molecule has 0 bridgehead atoms. The number of carbonyl (C=O) groups excluding carboxylic acids is 1. The van der Waals surface area contributed by atoms with Gasteiger partial charge in [0.2, 0.25) is 11.2 Å². The molecule has 2 aromatic rings. The maximum Gasteiger partial charge on any atom is 0.236 e. The number of hydrogen-bond acceptors (Lipinski definition) is 3. The van der Waals surface area contributed by atoms with Crippen LogP contribution in [0, 0.1) is 0 Å². The lowest BCUT2D eigenvalue weighted by atomic mass is 10.1. The third-order valence-corrected chi connectivity index (χ3v) is 1.57. The molecular weight excluding hydrogens is 144 g/mol. The number of hydrogen-bond donors (Lipinski definition) is 0. The van der Waals surface area contributed by atoms with E-state index >= 15 is 0 Å². The maximum absolute atomic E-state index is 10.9. The molecule has 0 aliphatic rings. The van der Waals surface area contributed by atoms with Crippen LogP contribution in [0.2, 0.25) is 0 Å². The summed E-state index contributed by atoms with van der Waals surface area (Å²) in [7, 11) is 0. The fourth-order valence-electron chi connectivity index (χ4n) is 0.997. The molecule has 3 heteroatoms. The standard InChI is InChI=1S/C8H6O3/c1-5(9)6-3-2-4-7-8(6)11-10-7/h2-4H,1H3. The maximum atomic E-state index is 10.9. The van der Waals surface area contributed by atoms with Crippen molar-refractivity contribution in [1.29, 1.82) is 0 Å². The van der Waals surface area contributed by atoms with Crippen molar-refractivity contribution in [3.05, 3.63) is 23.8 Å². The Morgan fingerprint density at radius 3 is 2.64 bits per heavy atom. The Hall–Kier alpha value is -1.51. The molecule has 0 unspecified atom stereocenters. The van der Waals surface area contributed by atoms with E-state index in [-0.39, 0.29) is 5.78 Å². The van der Waals surface area contributed by atoms with Crippen LogP contribution in [-0.2, 0) is 0 Å². The van der Waals surface area contributed by atoms with Crippen LogP contribution < -0.4 is 0 Å². The van der Waals surface area contributed by atoms with Gasteiger partial charge in [0, 0.05) is 0 Å². The molecule has 0 fully saturated rings. The van der Waals surface area contributed by atoms with Crippen molar-refractivity contribution in [2.75, 3.05) is 0 Å². The zero-order valence-corrected chi connectivity index (χ0v) is 5.96. The number of rotatable bonds is 1. The van der Waals surface area contributed by atoms with Gasteiger partial charge in [-0.1, -0.05) is 6.07 Å². The smallest absolute Gasteiger partial charge is 0.236 e. The molecule has 3 nitrogen and oxygen atoms in total. The Labute approximate surface area is 62.5 Å². The van der Waals surface area contributed by atoms with Crippen LogP contribution in [0.15, 0.2) is 27.4 Å². The van der Waals surface area contributed by atoms with Gasteiger partial charge in [-0.05, 0) is 19.1 Å². The molecule has 0 saturated carbocycles. The van der Waals surface area contributed by atoms with E-state index in [0.29, 0.717) is 16.7 Å². The molecule has 2 rings (SSSR count). The molecule has 56 valence electrons. The van der Waals surface area contributed by atoms with Crippen molar-refractivity contribution >= 4 is 16.9 Å². The van der Waals surface area contributed by atoms with Gasteiger partial charge in [-0.25, -0.2) is 0 Å². The van der Waals surface area contributed by atoms with Crippen LogP contribution in [0.1, 0.15) is 17.3 Å². The summed E-state index contributed by atoms with van der Waals surface area (Å²) in [5, 5.41) is 0. The zero-order chi connectivity index (χ0) is 7.84. The second kappa shape index (κ2) is 1.99. The molecule has 0 atom stereocenters. The van der Waals surface area contributed by atoms with Gasteiger partial charge < -0.3 is 0 Å². The molecule has 0 spiro atoms. The van der Waals surface area contributed by atoms with Crippen LogP contribution in [0.5, 0.6) is 0 Å². The zero-order valence-electron chi connectivity index (χ0n) is 5.96. The van der Waals surface area contributed by atoms with Crippen LogP contribution in [0.4, 0.5) is 0 Å². The van der Waals surface area contributed by atoms with Crippen LogP contribution in [0.25, 0.3) is 11.2 Å². The highest BCUT2D eigenvalue weighted by molar-refractivity contribution is 6.03. The quantitative estimate of drug-likeness (QED) is 0.462. The molecule has 0 aliphatic heterocycles. The van der Waals surface area contributed by atoms with Gasteiger partial charge in [-0.3, -0.25) is 13.9 Å². The minimum atomic E-state index is -0.00912. The second-order valence-electron chi connectivity index (χ2n) is 2.36. The van der Waals surface area contributed by atoms with Gasteiger partial charge >= 0.3 is 0 Å². The van der Waals surface area contributed by atoms with Crippen LogP contribution in [-0.4, -0.2) is 5.78 Å². The minimum Gasteiger partial charge on any atom is -0.294 e. The van der Waals surface area contributed by atoms with E-state index in [1.807, 2.05) is 0 Å². The normalized spacial score (nSPS) is 10.6. The van der Waals surface area contributed by atoms with Crippen molar-refractivity contribution in [2.24, 2.45) is 0 Å². The number of carbonyl (C=O) groups is 1. The Kier molecular flexibility index (Phi) is 1.12. The van der Waals surface area contributed by atoms with Gasteiger partial charge in [0.1, 0.15) is 0 Å². The van der Waals surface area contributed by atoms with E-state index in [4.69, 9.17) is 0 Å². The Morgan fingerprint density at radius 1 is 1.36 bits per heavy atom. The van der Waals surface area contributed by atoms with Crippen molar-refractivity contribution < 1.29 is 13.9 Å². The number of fused-ring (bicyclic) bond motifs is 1. The Balaban J connectivity index is 2.71. The van der Waals surface area contributed by atoms with Crippen molar-refractivity contribution in [1.82, 2.24) is 0 Å². The predicted molar refractivity (Wildman–Crippen MR) is 38.5 cm³/mol. The second-order valence-corrected chi connectivity index (χ2v) is 2.36. The first-order chi connectivity index (χ1) is 5.29. The molecule has 1 heterocycles. The van der Waals surface area contributed by atoms with E-state index in [1.54, 1.807) is 18.2 Å². The molecular formula is C8H6O3. The predicted octanol–water partition coefficient (Wildman–Crippen LogP) is 2.23. The highest BCUT2D eigenvalue weighted by Gasteiger charge is 2.12. The summed E-state index contributed by atoms with van der Waals surface area (Å²) in [4.78, 5) is 10.9. The average molecular weight is 150 g/mol. The SMILES string of the molecule is CC(=O)c1cccc2ooc12. The molecule has 0 saturated heterocycles. The molecule has 1 aromatic heterocycles. The van der Waals surface area contributed by atoms with E-state index in [2.05, 4.69) is 9.15 Å². The van der Waals surface area contributed by atoms with Gasteiger partial charge in [-0.2, -0.15) is 0 Å². The molecule has 0 amide bonds. The van der Waals surface area contributed by atoms with Gasteiger partial charge in [0.25, 0.3) is 0 Å². The van der Waals surface area contributed by atoms with E-state index < -0.39 is 0 Å². The number of Topliss-reactive ketones (excluding diaryl/α,β-unsaturated/α-hetero) is 1. The fourth-order valence-corrected chi connectivity index (χ4v) is 0.997. The Morgan fingerprint density at radius 2 is 2.18 bits per heavy atom. The monoisotopic (exact) mass is 150 g/mol. The average Bonchev–Trinajstić information content (AvgIpc) is 1.90. The van der Waals surface area contributed by atoms with Crippen molar-refractivity contribution in [2.45, 2.75) is 6.92 Å². The number of ketones is 1. The summed E-state index contributed by atoms with van der Waals surface area (Å²) < 4.78 is 9.26. The topological polar surface area (TPSA) is 43.4 Å². The van der Waals surface area contributed by atoms with Gasteiger partial charge in [-0.15, -0.1) is 0 Å². The van der Waals surface area contributed by atoms with E-state index in [9.17, 15) is 4.79 Å². The highest BCUT2D eigenvalue weighted by Crippen LogP contribution is 2.22. The molecule has 0 radical (unpaired) electrons. The molecule has 0 aliphatic carbocycles. The molecule has 11 heavy (non-hydrogen) atoms. The Bertz CT molecular complexity index is 394. The van der Waals surface area contributed by atoms with E-state index in [1.165, 1.54) is 6.92 Å². The minimum absolute atomic E-state index is 0.00912. The van der Waals surface area contributed by atoms with Crippen LogP contribution >= 0.6 is 0 Å². The summed E-state index contributed by atoms with van der Waals surface area (Å²) in [5.41, 5.74) is 1.77. The summed E-state index contributed by atoms with van der Waals surface area (Å²) >= 11 is 0. The number of benzene rings is 1. The lowest BCUT2D eigenvalue weighted by molar-refractivity contribution is 0.0576. The summed E-state index contributed by atoms with van der Waals surface area (Å²) in [6, 6.07) is 5.23. The summed E-state index contributed by atoms with van der Waals surface area (Å²) in [5.74, 6) is -0.00912. The van der Waals surface area contributed by atoms with E-state index in [0.717, 1.165) is 0 Å². The van der Waals surface area contributed by atoms with Crippen molar-refractivity contribution in [3.63, 3.8) is 0 Å². The summed E-state index contributed by atoms with van der Waals surface area (Å²) in [6.07, 6.45) is 0. The highest BCUT2D eigenvalue weighted by atomic mass is 17.0. The van der Waals surface area contributed by atoms with Gasteiger partial charge in [0.05, 0.1) is 5.56 Å². The first-order valence-corrected chi connectivity index (χ1v) is 3.27. The summed E-state index contributed by atoms with van der Waals surface area (Å²) in [6.45, 7) is 1.50. The van der Waals surface area contributed by atoms with Gasteiger partial charge in [0.15, 0.2) is 5.78 Å². The van der Waals surface area contributed by atoms with Crippen LogP contribution in [0.3, 0.4) is 0 Å². The third kappa shape index (κ3) is 0.774. The first-order valence-electron chi connectivity index (χ1n) is 3.27. The van der Waals surface area contributed by atoms with Crippen molar-refractivity contribution in [3.8, 4) is 0 Å². The lowest BCUT2D eigenvalue weighted by Crippen LogP contribution is -1.93. The fraction of sp³-hybridized carbons (Fsp3) is 0.125. The largest absolute Gasteiger partial charge is 0.294 e.